The lowest BCUT2D eigenvalue weighted by Crippen LogP contribution is -2.32. The van der Waals surface area contributed by atoms with E-state index in [0.717, 1.165) is 0 Å². The van der Waals surface area contributed by atoms with Gasteiger partial charge in [0.1, 0.15) is 0 Å². The minimum absolute atomic E-state index is 0.250. The fourth-order valence-corrected chi connectivity index (χ4v) is 1.24. The summed E-state index contributed by atoms with van der Waals surface area (Å²) in [7, 11) is 1.59. The molecule has 0 saturated carbocycles. The third-order valence-electron chi connectivity index (χ3n) is 1.59. The van der Waals surface area contributed by atoms with Crippen molar-refractivity contribution in [2.75, 3.05) is 23.9 Å². The van der Waals surface area contributed by atoms with Gasteiger partial charge in [-0.15, -0.1) is 11.6 Å². The zero-order valence-electron chi connectivity index (χ0n) is 7.57. The second kappa shape index (κ2) is 5.04. The van der Waals surface area contributed by atoms with Gasteiger partial charge in [0.2, 0.25) is 5.95 Å². The number of hydrogen-bond donors (Lipinski definition) is 0. The molecule has 5 nitrogen and oxygen atoms in total. The van der Waals surface area contributed by atoms with Crippen LogP contribution in [0.2, 0.25) is 0 Å². The summed E-state index contributed by atoms with van der Waals surface area (Å²) in [5, 5.41) is 10.5. The first-order valence-corrected chi connectivity index (χ1v) is 4.50. The Morgan fingerprint density at radius 3 is 2.71 bits per heavy atom. The molecule has 0 spiro atoms. The molecule has 0 aromatic carbocycles. The number of rotatable bonds is 5. The molecular formula is C6H10ClF2N5. The third kappa shape index (κ3) is 2.76. The Hall–Kier alpha value is -0.980. The lowest BCUT2D eigenvalue weighted by atomic mass is 10.5. The van der Waals surface area contributed by atoms with Gasteiger partial charge in [-0.05, 0) is 10.4 Å². The van der Waals surface area contributed by atoms with E-state index in [0.29, 0.717) is 12.5 Å². The van der Waals surface area contributed by atoms with Crippen molar-refractivity contribution in [2.24, 2.45) is 7.05 Å². The number of tetrazole rings is 1. The molecule has 0 fully saturated rings. The van der Waals surface area contributed by atoms with E-state index in [2.05, 4.69) is 15.5 Å². The molecule has 0 bridgehead atoms. The second-order valence-electron chi connectivity index (χ2n) is 2.63. The Bertz CT molecular complexity index is 279. The molecule has 0 saturated heterocycles. The van der Waals surface area contributed by atoms with Gasteiger partial charge in [0.05, 0.1) is 6.54 Å². The van der Waals surface area contributed by atoms with Crippen LogP contribution in [0.5, 0.6) is 0 Å². The molecule has 0 unspecified atom stereocenters. The fraction of sp³-hybridized carbons (Fsp3) is 0.833. The van der Waals surface area contributed by atoms with Gasteiger partial charge in [0, 0.05) is 19.5 Å². The Balaban J connectivity index is 2.72. The Morgan fingerprint density at radius 1 is 1.57 bits per heavy atom. The highest BCUT2D eigenvalue weighted by Crippen LogP contribution is 2.09. The topological polar surface area (TPSA) is 46.8 Å². The minimum Gasteiger partial charge on any atom is -0.333 e. The van der Waals surface area contributed by atoms with Crippen LogP contribution in [0.1, 0.15) is 0 Å². The van der Waals surface area contributed by atoms with Gasteiger partial charge in [0.25, 0.3) is 6.43 Å². The molecule has 0 radical (unpaired) electrons. The summed E-state index contributed by atoms with van der Waals surface area (Å²) in [4.78, 5) is 1.34. The third-order valence-corrected chi connectivity index (χ3v) is 1.76. The molecule has 14 heavy (non-hydrogen) atoms. The van der Waals surface area contributed by atoms with E-state index in [1.54, 1.807) is 7.05 Å². The second-order valence-corrected chi connectivity index (χ2v) is 3.01. The van der Waals surface area contributed by atoms with E-state index in [-0.39, 0.29) is 5.88 Å². The van der Waals surface area contributed by atoms with Gasteiger partial charge in [-0.3, -0.25) is 0 Å². The van der Waals surface area contributed by atoms with Crippen molar-refractivity contribution < 1.29 is 8.78 Å². The SMILES string of the molecule is Cn1nnnc1N(CCCl)CC(F)F. The molecule has 1 aromatic heterocycles. The van der Waals surface area contributed by atoms with E-state index in [9.17, 15) is 8.78 Å². The number of aromatic nitrogens is 4. The molecule has 0 amide bonds. The highest BCUT2D eigenvalue weighted by Gasteiger charge is 2.16. The zero-order valence-corrected chi connectivity index (χ0v) is 8.32. The molecule has 0 N–H and O–H groups in total. The summed E-state index contributed by atoms with van der Waals surface area (Å²) in [6.07, 6.45) is -2.44. The van der Waals surface area contributed by atoms with Crippen molar-refractivity contribution in [3.05, 3.63) is 0 Å². The van der Waals surface area contributed by atoms with Crippen LogP contribution in [-0.4, -0.2) is 45.6 Å². The molecule has 0 aliphatic carbocycles. The maximum Gasteiger partial charge on any atom is 0.255 e. The number of halogens is 3. The summed E-state index contributed by atoms with van der Waals surface area (Å²) in [6.45, 7) is -0.124. The molecular weight excluding hydrogens is 216 g/mol. The molecule has 80 valence electrons. The van der Waals surface area contributed by atoms with Crippen molar-refractivity contribution in [3.63, 3.8) is 0 Å². The van der Waals surface area contributed by atoms with Crippen LogP contribution in [-0.2, 0) is 7.05 Å². The normalized spacial score (nSPS) is 10.9. The molecule has 1 aromatic rings. The van der Waals surface area contributed by atoms with Gasteiger partial charge in [-0.2, -0.15) is 0 Å². The largest absolute Gasteiger partial charge is 0.333 e. The van der Waals surface area contributed by atoms with Crippen LogP contribution >= 0.6 is 11.6 Å². The standard InChI is InChI=1S/C6H10ClF2N5/c1-13-6(10-11-12-13)14(3-2-7)4-5(8)9/h5H,2-4H2,1H3. The maximum atomic E-state index is 12.2. The first-order valence-electron chi connectivity index (χ1n) is 3.96. The number of alkyl halides is 3. The number of hydrogen-bond acceptors (Lipinski definition) is 4. The smallest absolute Gasteiger partial charge is 0.255 e. The predicted octanol–water partition coefficient (Wildman–Crippen LogP) is 0.520. The van der Waals surface area contributed by atoms with Gasteiger partial charge < -0.3 is 4.90 Å². The van der Waals surface area contributed by atoms with Gasteiger partial charge in [0.15, 0.2) is 0 Å². The average Bonchev–Trinajstić information content (AvgIpc) is 2.50. The highest BCUT2D eigenvalue weighted by molar-refractivity contribution is 6.18. The van der Waals surface area contributed by atoms with Crippen molar-refractivity contribution >= 4 is 17.5 Å². The predicted molar refractivity (Wildman–Crippen MR) is 47.7 cm³/mol. The van der Waals surface area contributed by atoms with Crippen molar-refractivity contribution in [3.8, 4) is 0 Å². The van der Waals surface area contributed by atoms with Gasteiger partial charge in [-0.1, -0.05) is 5.10 Å². The molecule has 0 aliphatic rings. The monoisotopic (exact) mass is 225 g/mol. The first kappa shape index (κ1) is 11.1. The van der Waals surface area contributed by atoms with E-state index < -0.39 is 13.0 Å². The van der Waals surface area contributed by atoms with Crippen LogP contribution in [0.3, 0.4) is 0 Å². The van der Waals surface area contributed by atoms with Crippen molar-refractivity contribution in [1.82, 2.24) is 20.2 Å². The van der Waals surface area contributed by atoms with E-state index in [1.807, 2.05) is 0 Å². The molecule has 1 rings (SSSR count). The number of nitrogens with zero attached hydrogens (tertiary/aromatic N) is 5. The molecule has 8 heteroatoms. The Kier molecular flexibility index (Phi) is 3.99. The highest BCUT2D eigenvalue weighted by atomic mass is 35.5. The van der Waals surface area contributed by atoms with Crippen LogP contribution in [0.25, 0.3) is 0 Å². The summed E-state index contributed by atoms with van der Waals surface area (Å²) >= 11 is 5.48. The zero-order chi connectivity index (χ0) is 10.6. The quantitative estimate of drug-likeness (QED) is 0.686. The van der Waals surface area contributed by atoms with E-state index >= 15 is 0 Å². The van der Waals surface area contributed by atoms with Crippen LogP contribution in [0.4, 0.5) is 14.7 Å². The van der Waals surface area contributed by atoms with E-state index in [4.69, 9.17) is 11.6 Å². The minimum atomic E-state index is -2.44. The van der Waals surface area contributed by atoms with Crippen LogP contribution in [0.15, 0.2) is 0 Å². The first-order chi connectivity index (χ1) is 6.65. The number of anilines is 1. The van der Waals surface area contributed by atoms with Gasteiger partial charge in [-0.25, -0.2) is 13.5 Å². The van der Waals surface area contributed by atoms with Crippen molar-refractivity contribution in [2.45, 2.75) is 6.43 Å². The summed E-state index contributed by atoms with van der Waals surface area (Å²) in [6, 6.07) is 0. The van der Waals surface area contributed by atoms with Crippen molar-refractivity contribution in [1.29, 1.82) is 0 Å². The lowest BCUT2D eigenvalue weighted by molar-refractivity contribution is 0.154. The summed E-state index contributed by atoms with van der Waals surface area (Å²) in [5.74, 6) is 0.547. The summed E-state index contributed by atoms with van der Waals surface area (Å²) in [5.41, 5.74) is 0. The maximum absolute atomic E-state index is 12.2. The average molecular weight is 226 g/mol. The molecule has 0 aliphatic heterocycles. The molecule has 0 atom stereocenters. The van der Waals surface area contributed by atoms with E-state index in [1.165, 1.54) is 9.58 Å². The van der Waals surface area contributed by atoms with Crippen LogP contribution in [0, 0.1) is 0 Å². The van der Waals surface area contributed by atoms with Gasteiger partial charge >= 0.3 is 0 Å². The summed E-state index contributed by atoms with van der Waals surface area (Å²) < 4.78 is 25.7. The van der Waals surface area contributed by atoms with Crippen LogP contribution < -0.4 is 4.90 Å². The fourth-order valence-electron chi connectivity index (χ4n) is 1.03. The molecule has 1 heterocycles. The Morgan fingerprint density at radius 2 is 2.29 bits per heavy atom. The Labute approximate surface area is 84.6 Å². The number of aryl methyl sites for hydroxylation is 1. The lowest BCUT2D eigenvalue weighted by Gasteiger charge is -2.20.